The molecule has 0 saturated heterocycles. The van der Waals surface area contributed by atoms with Crippen molar-refractivity contribution < 1.29 is 4.39 Å². The molecule has 100 valence electrons. The van der Waals surface area contributed by atoms with Crippen LogP contribution in [0.3, 0.4) is 0 Å². The second-order valence-corrected chi connectivity index (χ2v) is 5.02. The summed E-state index contributed by atoms with van der Waals surface area (Å²) < 4.78 is 13.2. The molecule has 0 aliphatic carbocycles. The zero-order valence-electron chi connectivity index (χ0n) is 10.9. The lowest BCUT2D eigenvalue weighted by Gasteiger charge is -2.18. The first-order valence-electron chi connectivity index (χ1n) is 6.05. The van der Waals surface area contributed by atoms with Gasteiger partial charge in [0.1, 0.15) is 5.82 Å². The van der Waals surface area contributed by atoms with Crippen LogP contribution in [-0.2, 0) is 0 Å². The van der Waals surface area contributed by atoms with Gasteiger partial charge in [-0.15, -0.1) is 0 Å². The third kappa shape index (κ3) is 3.18. The standard InChI is InChI=1S/C15H16ClFN2/c1-9-6-14(18)13(16)8-15(9)19-10(2)11-4-3-5-12(17)7-11/h3-8,10,19H,18H2,1-2H3. The molecule has 0 saturated carbocycles. The van der Waals surface area contributed by atoms with Gasteiger partial charge < -0.3 is 11.1 Å². The number of benzene rings is 2. The molecular weight excluding hydrogens is 263 g/mol. The Morgan fingerprint density at radius 2 is 2.00 bits per heavy atom. The molecule has 0 heterocycles. The maximum absolute atomic E-state index is 13.2. The summed E-state index contributed by atoms with van der Waals surface area (Å²) in [7, 11) is 0. The number of aryl methyl sites for hydroxylation is 1. The number of hydrogen-bond donors (Lipinski definition) is 2. The van der Waals surface area contributed by atoms with Gasteiger partial charge in [0.2, 0.25) is 0 Å². The molecule has 3 N–H and O–H groups in total. The molecule has 0 bridgehead atoms. The Morgan fingerprint density at radius 1 is 1.26 bits per heavy atom. The second kappa shape index (κ2) is 5.49. The highest BCUT2D eigenvalue weighted by atomic mass is 35.5. The first-order valence-corrected chi connectivity index (χ1v) is 6.43. The number of rotatable bonds is 3. The van der Waals surface area contributed by atoms with E-state index in [2.05, 4.69) is 5.32 Å². The van der Waals surface area contributed by atoms with E-state index in [1.54, 1.807) is 12.1 Å². The van der Waals surface area contributed by atoms with Crippen LogP contribution in [0.4, 0.5) is 15.8 Å². The Hall–Kier alpha value is -1.74. The van der Waals surface area contributed by atoms with Crippen molar-refractivity contribution in [2.75, 3.05) is 11.1 Å². The van der Waals surface area contributed by atoms with Crippen molar-refractivity contribution in [1.82, 2.24) is 0 Å². The van der Waals surface area contributed by atoms with Gasteiger partial charge >= 0.3 is 0 Å². The minimum atomic E-state index is -0.238. The fourth-order valence-electron chi connectivity index (χ4n) is 1.95. The molecule has 19 heavy (non-hydrogen) atoms. The molecule has 0 spiro atoms. The van der Waals surface area contributed by atoms with Gasteiger partial charge in [0, 0.05) is 11.7 Å². The molecule has 0 aliphatic heterocycles. The summed E-state index contributed by atoms with van der Waals surface area (Å²) in [6.07, 6.45) is 0. The van der Waals surface area contributed by atoms with Crippen molar-refractivity contribution in [3.8, 4) is 0 Å². The molecule has 1 unspecified atom stereocenters. The van der Waals surface area contributed by atoms with Crippen LogP contribution >= 0.6 is 11.6 Å². The fourth-order valence-corrected chi connectivity index (χ4v) is 2.12. The predicted octanol–water partition coefficient (Wildman–Crippen LogP) is 4.54. The summed E-state index contributed by atoms with van der Waals surface area (Å²) in [5.41, 5.74) is 9.09. The highest BCUT2D eigenvalue weighted by molar-refractivity contribution is 6.33. The first kappa shape index (κ1) is 13.7. The highest BCUT2D eigenvalue weighted by Crippen LogP contribution is 2.29. The van der Waals surface area contributed by atoms with Gasteiger partial charge in [-0.3, -0.25) is 0 Å². The van der Waals surface area contributed by atoms with E-state index < -0.39 is 0 Å². The zero-order chi connectivity index (χ0) is 14.0. The maximum atomic E-state index is 13.2. The predicted molar refractivity (Wildman–Crippen MR) is 79.0 cm³/mol. The van der Waals surface area contributed by atoms with Crippen LogP contribution < -0.4 is 11.1 Å². The van der Waals surface area contributed by atoms with Crippen LogP contribution in [0.5, 0.6) is 0 Å². The van der Waals surface area contributed by atoms with Gasteiger partial charge in [0.25, 0.3) is 0 Å². The Bertz CT molecular complexity index is 599. The molecule has 2 nitrogen and oxygen atoms in total. The molecule has 0 aromatic heterocycles. The number of hydrogen-bond acceptors (Lipinski definition) is 2. The van der Waals surface area contributed by atoms with Crippen molar-refractivity contribution >= 4 is 23.0 Å². The van der Waals surface area contributed by atoms with Crippen molar-refractivity contribution in [3.05, 3.63) is 58.4 Å². The van der Waals surface area contributed by atoms with Crippen molar-refractivity contribution in [2.45, 2.75) is 19.9 Å². The monoisotopic (exact) mass is 278 g/mol. The molecule has 0 radical (unpaired) electrons. The number of nitrogens with one attached hydrogen (secondary N) is 1. The van der Waals surface area contributed by atoms with Crippen molar-refractivity contribution in [3.63, 3.8) is 0 Å². The lowest BCUT2D eigenvalue weighted by molar-refractivity contribution is 0.623. The van der Waals surface area contributed by atoms with E-state index in [1.165, 1.54) is 12.1 Å². The van der Waals surface area contributed by atoms with Gasteiger partial charge in [-0.2, -0.15) is 0 Å². The molecule has 4 heteroatoms. The van der Waals surface area contributed by atoms with Crippen LogP contribution in [0.1, 0.15) is 24.1 Å². The summed E-state index contributed by atoms with van der Waals surface area (Å²) in [6.45, 7) is 3.92. The lowest BCUT2D eigenvalue weighted by atomic mass is 10.1. The molecule has 2 aromatic carbocycles. The van der Waals surface area contributed by atoms with Gasteiger partial charge in [-0.05, 0) is 49.2 Å². The largest absolute Gasteiger partial charge is 0.398 e. The number of nitrogen functional groups attached to an aromatic ring is 1. The normalized spacial score (nSPS) is 12.2. The quantitative estimate of drug-likeness (QED) is 0.809. The van der Waals surface area contributed by atoms with E-state index >= 15 is 0 Å². The Labute approximate surface area is 117 Å². The minimum absolute atomic E-state index is 0.0194. The van der Waals surface area contributed by atoms with E-state index in [0.717, 1.165) is 16.8 Å². The van der Waals surface area contributed by atoms with E-state index in [-0.39, 0.29) is 11.9 Å². The third-order valence-corrected chi connectivity index (χ3v) is 3.39. The molecule has 0 amide bonds. The second-order valence-electron chi connectivity index (χ2n) is 4.61. The van der Waals surface area contributed by atoms with Crippen LogP contribution in [0.25, 0.3) is 0 Å². The number of halogens is 2. The molecule has 2 rings (SSSR count). The molecule has 2 aromatic rings. The Kier molecular flexibility index (Phi) is 3.96. The number of anilines is 2. The van der Waals surface area contributed by atoms with E-state index in [4.69, 9.17) is 17.3 Å². The Morgan fingerprint density at radius 3 is 2.68 bits per heavy atom. The smallest absolute Gasteiger partial charge is 0.123 e. The SMILES string of the molecule is Cc1cc(N)c(Cl)cc1NC(C)c1cccc(F)c1. The van der Waals surface area contributed by atoms with Gasteiger partial charge in [0.05, 0.1) is 10.7 Å². The molecule has 0 aliphatic rings. The van der Waals surface area contributed by atoms with E-state index in [1.807, 2.05) is 26.0 Å². The van der Waals surface area contributed by atoms with E-state index in [9.17, 15) is 4.39 Å². The van der Waals surface area contributed by atoms with Gasteiger partial charge in [-0.1, -0.05) is 23.7 Å². The van der Waals surface area contributed by atoms with Gasteiger partial charge in [-0.25, -0.2) is 4.39 Å². The molecule has 0 fully saturated rings. The van der Waals surface area contributed by atoms with Crippen LogP contribution in [0.2, 0.25) is 5.02 Å². The summed E-state index contributed by atoms with van der Waals surface area (Å²) in [5.74, 6) is -0.238. The maximum Gasteiger partial charge on any atom is 0.123 e. The average Bonchev–Trinajstić information content (AvgIpc) is 2.36. The summed E-state index contributed by atoms with van der Waals surface area (Å²) in [4.78, 5) is 0. The van der Waals surface area contributed by atoms with Crippen LogP contribution in [0, 0.1) is 12.7 Å². The average molecular weight is 279 g/mol. The van der Waals surface area contributed by atoms with Crippen molar-refractivity contribution in [2.24, 2.45) is 0 Å². The highest BCUT2D eigenvalue weighted by Gasteiger charge is 2.09. The van der Waals surface area contributed by atoms with E-state index in [0.29, 0.717) is 10.7 Å². The summed E-state index contributed by atoms with van der Waals surface area (Å²) in [5, 5.41) is 3.83. The first-order chi connectivity index (χ1) is 8.97. The molecule has 1 atom stereocenters. The number of nitrogens with two attached hydrogens (primary N) is 1. The summed E-state index contributed by atoms with van der Waals surface area (Å²) >= 11 is 6.02. The zero-order valence-corrected chi connectivity index (χ0v) is 11.6. The van der Waals surface area contributed by atoms with Crippen LogP contribution in [0.15, 0.2) is 36.4 Å². The van der Waals surface area contributed by atoms with Crippen molar-refractivity contribution in [1.29, 1.82) is 0 Å². The molecular formula is C15H16ClFN2. The Balaban J connectivity index is 2.24. The summed E-state index contributed by atoms with van der Waals surface area (Å²) in [6, 6.07) is 10.1. The fraction of sp³-hybridized carbons (Fsp3) is 0.200. The third-order valence-electron chi connectivity index (χ3n) is 3.06. The van der Waals surface area contributed by atoms with Gasteiger partial charge in [0.15, 0.2) is 0 Å². The lowest BCUT2D eigenvalue weighted by Crippen LogP contribution is -2.08. The van der Waals surface area contributed by atoms with Crippen LogP contribution in [-0.4, -0.2) is 0 Å². The topological polar surface area (TPSA) is 38.0 Å². The minimum Gasteiger partial charge on any atom is -0.398 e.